The van der Waals surface area contributed by atoms with Gasteiger partial charge in [-0.15, -0.1) is 0 Å². The molecule has 0 spiro atoms. The number of fused-ring (bicyclic) bond motifs is 1. The number of phenolic OH excluding ortho intramolecular Hbond substituents is 1. The van der Waals surface area contributed by atoms with Crippen molar-refractivity contribution in [3.63, 3.8) is 0 Å². The number of phenols is 1. The van der Waals surface area contributed by atoms with Crippen LogP contribution in [0.3, 0.4) is 0 Å². The summed E-state index contributed by atoms with van der Waals surface area (Å²) in [7, 11) is 1.60. The molecule has 27 heavy (non-hydrogen) atoms. The number of hydrogen-bond donors (Lipinski definition) is 1. The SMILES string of the molecule is COc1cccc(/C=C2\Oc3c(ccc(O)c3CN3CCOCC3)C2=O)c1. The van der Waals surface area contributed by atoms with E-state index in [0.717, 1.165) is 18.7 Å². The highest BCUT2D eigenvalue weighted by molar-refractivity contribution is 6.15. The summed E-state index contributed by atoms with van der Waals surface area (Å²) in [5.74, 6) is 1.34. The molecule has 0 aromatic heterocycles. The topological polar surface area (TPSA) is 68.2 Å². The van der Waals surface area contributed by atoms with Gasteiger partial charge in [0.15, 0.2) is 5.76 Å². The van der Waals surface area contributed by atoms with Crippen LogP contribution in [0.1, 0.15) is 21.5 Å². The van der Waals surface area contributed by atoms with E-state index < -0.39 is 0 Å². The van der Waals surface area contributed by atoms with Crippen LogP contribution in [0, 0.1) is 0 Å². The lowest BCUT2D eigenvalue weighted by molar-refractivity contribution is 0.0336. The quantitative estimate of drug-likeness (QED) is 0.838. The van der Waals surface area contributed by atoms with Gasteiger partial charge in [-0.05, 0) is 35.9 Å². The van der Waals surface area contributed by atoms with Crippen LogP contribution in [0.2, 0.25) is 0 Å². The summed E-state index contributed by atoms with van der Waals surface area (Å²) in [6, 6.07) is 10.6. The number of ketones is 1. The Bertz CT molecular complexity index is 899. The second-order valence-electron chi connectivity index (χ2n) is 6.54. The molecule has 0 saturated carbocycles. The number of hydrogen-bond acceptors (Lipinski definition) is 6. The minimum absolute atomic E-state index is 0.135. The Morgan fingerprint density at radius 1 is 1.22 bits per heavy atom. The van der Waals surface area contributed by atoms with Crippen LogP contribution in [-0.2, 0) is 11.3 Å². The number of carbonyl (C=O) groups excluding carboxylic acids is 1. The van der Waals surface area contributed by atoms with Crippen LogP contribution in [-0.4, -0.2) is 49.2 Å². The van der Waals surface area contributed by atoms with Crippen LogP contribution in [0.4, 0.5) is 0 Å². The molecule has 1 saturated heterocycles. The summed E-state index contributed by atoms with van der Waals surface area (Å²) in [5.41, 5.74) is 1.92. The van der Waals surface area contributed by atoms with Gasteiger partial charge in [0.1, 0.15) is 17.2 Å². The fourth-order valence-electron chi connectivity index (χ4n) is 3.32. The van der Waals surface area contributed by atoms with E-state index in [1.807, 2.05) is 24.3 Å². The Morgan fingerprint density at radius 2 is 2.04 bits per heavy atom. The first-order valence-electron chi connectivity index (χ1n) is 8.89. The predicted molar refractivity (Wildman–Crippen MR) is 100 cm³/mol. The van der Waals surface area contributed by atoms with E-state index in [4.69, 9.17) is 14.2 Å². The van der Waals surface area contributed by atoms with Crippen molar-refractivity contribution >= 4 is 11.9 Å². The fourth-order valence-corrected chi connectivity index (χ4v) is 3.32. The van der Waals surface area contributed by atoms with Crippen LogP contribution in [0.15, 0.2) is 42.2 Å². The molecule has 0 unspecified atom stereocenters. The first kappa shape index (κ1) is 17.6. The van der Waals surface area contributed by atoms with Crippen molar-refractivity contribution in [2.24, 2.45) is 0 Å². The molecular formula is C21H21NO5. The maximum Gasteiger partial charge on any atom is 0.231 e. The smallest absolute Gasteiger partial charge is 0.231 e. The highest BCUT2D eigenvalue weighted by atomic mass is 16.5. The molecule has 2 heterocycles. The summed E-state index contributed by atoms with van der Waals surface area (Å²) in [6.45, 7) is 3.40. The Hall–Kier alpha value is -2.83. The zero-order valence-corrected chi connectivity index (χ0v) is 15.1. The average molecular weight is 367 g/mol. The number of Topliss-reactive ketones (excluding diaryl/α,β-unsaturated/α-hetero) is 1. The average Bonchev–Trinajstić information content (AvgIpc) is 3.01. The second-order valence-corrected chi connectivity index (χ2v) is 6.54. The van der Waals surface area contributed by atoms with Crippen molar-refractivity contribution in [3.05, 3.63) is 58.8 Å². The highest BCUT2D eigenvalue weighted by Gasteiger charge is 2.31. The molecule has 0 bridgehead atoms. The summed E-state index contributed by atoms with van der Waals surface area (Å²) in [4.78, 5) is 14.9. The zero-order chi connectivity index (χ0) is 18.8. The van der Waals surface area contributed by atoms with Gasteiger partial charge < -0.3 is 19.3 Å². The molecule has 2 aliphatic heterocycles. The van der Waals surface area contributed by atoms with E-state index in [9.17, 15) is 9.90 Å². The molecule has 0 aliphatic carbocycles. The number of carbonyl (C=O) groups is 1. The van der Waals surface area contributed by atoms with Gasteiger partial charge in [-0.25, -0.2) is 0 Å². The monoisotopic (exact) mass is 367 g/mol. The molecule has 1 fully saturated rings. The molecule has 0 atom stereocenters. The van der Waals surface area contributed by atoms with Crippen molar-refractivity contribution < 1.29 is 24.1 Å². The Labute approximate surface area is 157 Å². The van der Waals surface area contributed by atoms with E-state index in [2.05, 4.69) is 4.90 Å². The second kappa shape index (κ2) is 7.42. The normalized spacial score (nSPS) is 18.4. The minimum atomic E-state index is -0.184. The Kier molecular flexibility index (Phi) is 4.83. The number of allylic oxidation sites excluding steroid dienone is 1. The molecule has 4 rings (SSSR count). The van der Waals surface area contributed by atoms with E-state index in [1.165, 1.54) is 0 Å². The number of methoxy groups -OCH3 is 1. The number of rotatable bonds is 4. The maximum atomic E-state index is 12.8. The van der Waals surface area contributed by atoms with Gasteiger partial charge in [0.2, 0.25) is 5.78 Å². The van der Waals surface area contributed by atoms with Gasteiger partial charge in [0.05, 0.1) is 31.5 Å². The lowest BCUT2D eigenvalue weighted by Gasteiger charge is -2.27. The molecule has 0 amide bonds. The molecule has 140 valence electrons. The number of benzene rings is 2. The zero-order valence-electron chi connectivity index (χ0n) is 15.1. The number of ether oxygens (including phenoxy) is 3. The molecule has 6 nitrogen and oxygen atoms in total. The molecule has 2 aromatic rings. The van der Waals surface area contributed by atoms with Crippen LogP contribution in [0.25, 0.3) is 6.08 Å². The predicted octanol–water partition coefficient (Wildman–Crippen LogP) is 2.85. The Morgan fingerprint density at radius 3 is 2.81 bits per heavy atom. The minimum Gasteiger partial charge on any atom is -0.507 e. The van der Waals surface area contributed by atoms with Gasteiger partial charge in [-0.2, -0.15) is 0 Å². The van der Waals surface area contributed by atoms with E-state index in [1.54, 1.807) is 25.3 Å². The lowest BCUT2D eigenvalue weighted by Crippen LogP contribution is -2.35. The van der Waals surface area contributed by atoms with Crippen LogP contribution in [0.5, 0.6) is 17.2 Å². The molecule has 2 aliphatic rings. The van der Waals surface area contributed by atoms with Crippen molar-refractivity contribution in [2.75, 3.05) is 33.4 Å². The molecule has 6 heteroatoms. The molecule has 2 aromatic carbocycles. The van der Waals surface area contributed by atoms with Crippen molar-refractivity contribution in [1.29, 1.82) is 0 Å². The van der Waals surface area contributed by atoms with Gasteiger partial charge in [-0.3, -0.25) is 9.69 Å². The molecule has 0 radical (unpaired) electrons. The number of morpholine rings is 1. The summed E-state index contributed by atoms with van der Waals surface area (Å²) < 4.78 is 16.5. The third-order valence-electron chi connectivity index (χ3n) is 4.79. The van der Waals surface area contributed by atoms with Gasteiger partial charge in [0.25, 0.3) is 0 Å². The van der Waals surface area contributed by atoms with Crippen LogP contribution >= 0.6 is 0 Å². The lowest BCUT2D eigenvalue weighted by atomic mass is 10.0. The molecular weight excluding hydrogens is 346 g/mol. The highest BCUT2D eigenvalue weighted by Crippen LogP contribution is 2.40. The third-order valence-corrected chi connectivity index (χ3v) is 4.79. The van der Waals surface area contributed by atoms with Crippen LogP contribution < -0.4 is 9.47 Å². The van der Waals surface area contributed by atoms with Gasteiger partial charge in [-0.1, -0.05) is 12.1 Å². The van der Waals surface area contributed by atoms with Crippen molar-refractivity contribution in [1.82, 2.24) is 4.90 Å². The summed E-state index contributed by atoms with van der Waals surface area (Å²) >= 11 is 0. The largest absolute Gasteiger partial charge is 0.507 e. The van der Waals surface area contributed by atoms with E-state index in [-0.39, 0.29) is 17.3 Å². The van der Waals surface area contributed by atoms with E-state index >= 15 is 0 Å². The fraction of sp³-hybridized carbons (Fsp3) is 0.286. The van der Waals surface area contributed by atoms with Crippen molar-refractivity contribution in [2.45, 2.75) is 6.54 Å². The van der Waals surface area contributed by atoms with Gasteiger partial charge >= 0.3 is 0 Å². The molecule has 1 N–H and O–H groups in total. The summed E-state index contributed by atoms with van der Waals surface area (Å²) in [5, 5.41) is 10.4. The van der Waals surface area contributed by atoms with Gasteiger partial charge in [0, 0.05) is 19.6 Å². The summed E-state index contributed by atoms with van der Waals surface area (Å²) in [6.07, 6.45) is 1.69. The first-order chi connectivity index (χ1) is 13.2. The van der Waals surface area contributed by atoms with E-state index in [0.29, 0.717) is 42.4 Å². The standard InChI is InChI=1S/C21H21NO5/c1-25-15-4-2-3-14(11-15)12-19-20(24)16-5-6-18(23)17(21(16)27-19)13-22-7-9-26-10-8-22/h2-6,11-12,23H,7-10,13H2,1H3/b19-12-. The third kappa shape index (κ3) is 3.54. The maximum absolute atomic E-state index is 12.8. The number of nitrogens with zero attached hydrogens (tertiary/aromatic N) is 1. The van der Waals surface area contributed by atoms with Crippen molar-refractivity contribution in [3.8, 4) is 17.2 Å². The number of aromatic hydroxyl groups is 1. The Balaban J connectivity index is 1.64. The first-order valence-corrected chi connectivity index (χ1v) is 8.89.